The van der Waals surface area contributed by atoms with Crippen molar-refractivity contribution >= 4 is 36.2 Å². The number of hydrogen-bond donors (Lipinski definition) is 1. The minimum absolute atomic E-state index is 0. The van der Waals surface area contributed by atoms with Crippen molar-refractivity contribution in [2.45, 2.75) is 31.2 Å². The lowest BCUT2D eigenvalue weighted by atomic mass is 9.99. The van der Waals surface area contributed by atoms with Gasteiger partial charge in [0.05, 0.1) is 12.6 Å². The molecule has 1 fully saturated rings. The maximum absolute atomic E-state index is 6.32. The molecule has 0 atom stereocenters. The van der Waals surface area contributed by atoms with E-state index in [9.17, 15) is 0 Å². The Morgan fingerprint density at radius 2 is 2.04 bits per heavy atom. The number of rotatable bonds is 4. The molecule has 1 aromatic heterocycles. The van der Waals surface area contributed by atoms with E-state index in [1.165, 1.54) is 0 Å². The van der Waals surface area contributed by atoms with Gasteiger partial charge in [-0.05, 0) is 37.1 Å². The van der Waals surface area contributed by atoms with Gasteiger partial charge in [-0.3, -0.25) is 0 Å². The summed E-state index contributed by atoms with van der Waals surface area (Å²) in [6.45, 7) is 0. The fraction of sp³-hybridized carbons (Fsp3) is 0.375. The Morgan fingerprint density at radius 1 is 1.30 bits per heavy atom. The summed E-state index contributed by atoms with van der Waals surface area (Å²) in [6, 6.07) is 5.41. The first-order valence-electron chi connectivity index (χ1n) is 7.25. The van der Waals surface area contributed by atoms with Gasteiger partial charge in [0.25, 0.3) is 5.89 Å². The zero-order chi connectivity index (χ0) is 15.6. The van der Waals surface area contributed by atoms with Gasteiger partial charge in [0.2, 0.25) is 0 Å². The van der Waals surface area contributed by atoms with E-state index in [1.54, 1.807) is 19.3 Å². The first kappa shape index (κ1) is 17.8. The van der Waals surface area contributed by atoms with E-state index in [-0.39, 0.29) is 12.4 Å². The molecule has 1 aromatic carbocycles. The van der Waals surface area contributed by atoms with Gasteiger partial charge >= 0.3 is 0 Å². The van der Waals surface area contributed by atoms with Crippen molar-refractivity contribution in [3.05, 3.63) is 40.5 Å². The van der Waals surface area contributed by atoms with Gasteiger partial charge in [-0.25, -0.2) is 0 Å². The second kappa shape index (κ2) is 7.34. The van der Waals surface area contributed by atoms with Crippen molar-refractivity contribution < 1.29 is 9.26 Å². The molecule has 5 nitrogen and oxygen atoms in total. The summed E-state index contributed by atoms with van der Waals surface area (Å²) in [5.41, 5.74) is 6.72. The summed E-state index contributed by atoms with van der Waals surface area (Å²) in [5, 5.41) is 4.66. The van der Waals surface area contributed by atoms with Crippen molar-refractivity contribution in [3.8, 4) is 5.75 Å². The molecule has 2 N–H and O–H groups in total. The monoisotopic (exact) mass is 355 g/mol. The molecule has 0 saturated heterocycles. The molecule has 1 saturated carbocycles. The van der Waals surface area contributed by atoms with E-state index in [4.69, 9.17) is 26.6 Å². The van der Waals surface area contributed by atoms with Crippen LogP contribution < -0.4 is 10.5 Å². The molecular weight excluding hydrogens is 337 g/mol. The normalized spacial score (nSPS) is 16.5. The summed E-state index contributed by atoms with van der Waals surface area (Å²) < 4.78 is 10.6. The van der Waals surface area contributed by atoms with E-state index in [0.29, 0.717) is 16.7 Å². The van der Waals surface area contributed by atoms with Crippen LogP contribution in [0.15, 0.2) is 22.7 Å². The van der Waals surface area contributed by atoms with Crippen LogP contribution in [0.25, 0.3) is 12.2 Å². The van der Waals surface area contributed by atoms with Gasteiger partial charge < -0.3 is 15.0 Å². The molecule has 0 bridgehead atoms. The Bertz CT molecular complexity index is 694. The number of aromatic nitrogens is 2. The lowest BCUT2D eigenvalue weighted by molar-refractivity contribution is 0.364. The minimum atomic E-state index is -0.441. The summed E-state index contributed by atoms with van der Waals surface area (Å²) >= 11 is 6.01. The molecule has 0 aliphatic heterocycles. The largest absolute Gasteiger partial charge is 0.496 e. The van der Waals surface area contributed by atoms with Crippen LogP contribution in [0.1, 0.15) is 43.0 Å². The van der Waals surface area contributed by atoms with Crippen LogP contribution in [0.5, 0.6) is 5.75 Å². The average Bonchev–Trinajstić information content (AvgIpc) is 3.15. The van der Waals surface area contributed by atoms with Crippen molar-refractivity contribution in [2.24, 2.45) is 5.73 Å². The Morgan fingerprint density at radius 3 is 2.74 bits per heavy atom. The third kappa shape index (κ3) is 3.86. The molecule has 0 radical (unpaired) electrons. The third-order valence-corrected chi connectivity index (χ3v) is 4.22. The fourth-order valence-corrected chi connectivity index (χ4v) is 2.91. The Labute approximate surface area is 146 Å². The lowest BCUT2D eigenvalue weighted by Crippen LogP contribution is -2.34. The standard InChI is InChI=1S/C16H18ClN3O2.ClH/c1-21-13-6-5-12(17)10-11(13)4-7-14-19-15(20-22-14)16(18)8-2-3-9-16;/h4-7,10H,2-3,8-9,18H2,1H3;1H/b7-4+;. The molecule has 0 unspecified atom stereocenters. The van der Waals surface area contributed by atoms with Crippen LogP contribution in [0.3, 0.4) is 0 Å². The van der Waals surface area contributed by atoms with Crippen molar-refractivity contribution in [3.63, 3.8) is 0 Å². The minimum Gasteiger partial charge on any atom is -0.496 e. The number of nitrogens with two attached hydrogens (primary N) is 1. The zero-order valence-electron chi connectivity index (χ0n) is 12.8. The molecule has 7 heteroatoms. The molecule has 23 heavy (non-hydrogen) atoms. The lowest BCUT2D eigenvalue weighted by Gasteiger charge is -2.17. The summed E-state index contributed by atoms with van der Waals surface area (Å²) in [4.78, 5) is 4.39. The van der Waals surface area contributed by atoms with Crippen molar-refractivity contribution in [1.29, 1.82) is 0 Å². The highest BCUT2D eigenvalue weighted by molar-refractivity contribution is 6.30. The van der Waals surface area contributed by atoms with Crippen LogP contribution in [-0.2, 0) is 5.54 Å². The summed E-state index contributed by atoms with van der Waals surface area (Å²) in [6.07, 6.45) is 7.59. The van der Waals surface area contributed by atoms with Crippen LogP contribution >= 0.6 is 24.0 Å². The molecule has 2 aromatic rings. The average molecular weight is 356 g/mol. The predicted octanol–water partition coefficient (Wildman–Crippen LogP) is 4.05. The van der Waals surface area contributed by atoms with Crippen molar-refractivity contribution in [1.82, 2.24) is 10.1 Å². The molecule has 0 spiro atoms. The summed E-state index contributed by atoms with van der Waals surface area (Å²) in [5.74, 6) is 1.74. The van der Waals surface area contributed by atoms with Gasteiger partial charge in [-0.1, -0.05) is 29.6 Å². The van der Waals surface area contributed by atoms with E-state index in [2.05, 4.69) is 10.1 Å². The molecule has 3 rings (SSSR count). The topological polar surface area (TPSA) is 74.2 Å². The van der Waals surface area contributed by atoms with Crippen LogP contribution in [0.4, 0.5) is 0 Å². The second-order valence-electron chi connectivity index (χ2n) is 5.54. The predicted molar refractivity (Wildman–Crippen MR) is 92.8 cm³/mol. The SMILES string of the molecule is COc1ccc(Cl)cc1/C=C/c1nc(C2(N)CCCC2)no1.Cl. The summed E-state index contributed by atoms with van der Waals surface area (Å²) in [7, 11) is 1.61. The van der Waals surface area contributed by atoms with E-state index < -0.39 is 5.54 Å². The van der Waals surface area contributed by atoms with Gasteiger partial charge in [0.15, 0.2) is 5.82 Å². The van der Waals surface area contributed by atoms with E-state index in [1.807, 2.05) is 18.2 Å². The highest BCUT2D eigenvalue weighted by atomic mass is 35.5. The molecule has 1 aliphatic rings. The number of hydrogen-bond acceptors (Lipinski definition) is 5. The van der Waals surface area contributed by atoms with Crippen LogP contribution in [0, 0.1) is 0 Å². The molecule has 1 heterocycles. The Balaban J connectivity index is 0.00000192. The fourth-order valence-electron chi connectivity index (χ4n) is 2.73. The third-order valence-electron chi connectivity index (χ3n) is 3.98. The van der Waals surface area contributed by atoms with E-state index in [0.717, 1.165) is 37.0 Å². The van der Waals surface area contributed by atoms with E-state index >= 15 is 0 Å². The highest BCUT2D eigenvalue weighted by Crippen LogP contribution is 2.34. The molecular formula is C16H19Cl2N3O2. The number of nitrogens with zero attached hydrogens (tertiary/aromatic N) is 2. The smallest absolute Gasteiger partial charge is 0.250 e. The first-order valence-corrected chi connectivity index (χ1v) is 7.63. The Kier molecular flexibility index (Phi) is 5.68. The molecule has 0 amide bonds. The van der Waals surface area contributed by atoms with Gasteiger partial charge in [-0.15, -0.1) is 12.4 Å². The number of methoxy groups -OCH3 is 1. The quantitative estimate of drug-likeness (QED) is 0.895. The van der Waals surface area contributed by atoms with Crippen molar-refractivity contribution in [2.75, 3.05) is 7.11 Å². The first-order chi connectivity index (χ1) is 10.6. The number of halogens is 2. The number of benzene rings is 1. The highest BCUT2D eigenvalue weighted by Gasteiger charge is 2.35. The molecule has 124 valence electrons. The maximum Gasteiger partial charge on any atom is 0.250 e. The van der Waals surface area contributed by atoms with Gasteiger partial charge in [0.1, 0.15) is 5.75 Å². The maximum atomic E-state index is 6.32. The Hall–Kier alpha value is -1.56. The molecule has 1 aliphatic carbocycles. The van der Waals surface area contributed by atoms with Crippen LogP contribution in [-0.4, -0.2) is 17.3 Å². The number of ether oxygens (including phenoxy) is 1. The van der Waals surface area contributed by atoms with Gasteiger partial charge in [0, 0.05) is 16.7 Å². The van der Waals surface area contributed by atoms with Crippen LogP contribution in [0.2, 0.25) is 5.02 Å². The second-order valence-corrected chi connectivity index (χ2v) is 5.98. The van der Waals surface area contributed by atoms with Gasteiger partial charge in [-0.2, -0.15) is 4.98 Å². The zero-order valence-corrected chi connectivity index (χ0v) is 14.4.